The fraction of sp³-hybridized carbons (Fsp3) is 1.00. The highest BCUT2D eigenvalue weighted by molar-refractivity contribution is 4.64. The van der Waals surface area contributed by atoms with Gasteiger partial charge in [0.25, 0.3) is 0 Å². The summed E-state index contributed by atoms with van der Waals surface area (Å²) in [5.74, 6) is 0. The van der Waals surface area contributed by atoms with Crippen molar-refractivity contribution in [2.75, 3.05) is 19.6 Å². The van der Waals surface area contributed by atoms with Gasteiger partial charge in [0.05, 0.1) is 0 Å². The van der Waals surface area contributed by atoms with Gasteiger partial charge in [-0.05, 0) is 32.9 Å². The van der Waals surface area contributed by atoms with Gasteiger partial charge >= 0.3 is 0 Å². The van der Waals surface area contributed by atoms with Crippen LogP contribution >= 0.6 is 0 Å². The van der Waals surface area contributed by atoms with Crippen molar-refractivity contribution in [3.8, 4) is 0 Å². The summed E-state index contributed by atoms with van der Waals surface area (Å²) in [6.45, 7) is 10.2. The summed E-state index contributed by atoms with van der Waals surface area (Å²) in [5.41, 5.74) is 5.86. The molecule has 0 aliphatic heterocycles. The minimum atomic E-state index is 0.313. The summed E-state index contributed by atoms with van der Waals surface area (Å²) in [6, 6.07) is 0.313. The zero-order chi connectivity index (χ0) is 11.5. The smallest absolute Gasteiger partial charge is 0.0139 e. The first kappa shape index (κ1) is 14.9. The molecule has 0 radical (unpaired) electrons. The molecule has 0 aromatic carbocycles. The molecule has 0 bridgehead atoms. The summed E-state index contributed by atoms with van der Waals surface area (Å²) in [4.78, 5) is 2.54. The van der Waals surface area contributed by atoms with Crippen LogP contribution in [0.15, 0.2) is 0 Å². The molecule has 15 heavy (non-hydrogen) atoms. The van der Waals surface area contributed by atoms with Gasteiger partial charge in [0, 0.05) is 12.6 Å². The monoisotopic (exact) mass is 214 g/mol. The molecular weight excluding hydrogens is 184 g/mol. The van der Waals surface area contributed by atoms with Gasteiger partial charge in [-0.2, -0.15) is 0 Å². The van der Waals surface area contributed by atoms with Crippen LogP contribution in [0.2, 0.25) is 0 Å². The number of hydrogen-bond donors (Lipinski definition) is 1. The Kier molecular flexibility index (Phi) is 10.4. The maximum atomic E-state index is 5.86. The molecule has 0 amide bonds. The van der Waals surface area contributed by atoms with Gasteiger partial charge in [0.1, 0.15) is 0 Å². The van der Waals surface area contributed by atoms with E-state index in [1.54, 1.807) is 0 Å². The lowest BCUT2D eigenvalue weighted by Gasteiger charge is -2.24. The summed E-state index contributed by atoms with van der Waals surface area (Å²) in [6.07, 6.45) is 7.97. The van der Waals surface area contributed by atoms with E-state index in [4.69, 9.17) is 5.73 Å². The van der Waals surface area contributed by atoms with E-state index in [1.807, 2.05) is 0 Å². The Morgan fingerprint density at radius 1 is 0.933 bits per heavy atom. The van der Waals surface area contributed by atoms with E-state index in [-0.39, 0.29) is 0 Å². The molecule has 0 saturated heterocycles. The van der Waals surface area contributed by atoms with Crippen LogP contribution in [-0.4, -0.2) is 30.6 Å². The SMILES string of the molecule is CCCCCN(CCCCC)C[C@H](C)N. The van der Waals surface area contributed by atoms with Crippen LogP contribution in [0.3, 0.4) is 0 Å². The van der Waals surface area contributed by atoms with E-state index < -0.39 is 0 Å². The van der Waals surface area contributed by atoms with Gasteiger partial charge in [0.2, 0.25) is 0 Å². The topological polar surface area (TPSA) is 29.3 Å². The Balaban J connectivity index is 3.63. The lowest BCUT2D eigenvalue weighted by atomic mass is 10.2. The molecule has 2 nitrogen and oxygen atoms in total. The Bertz CT molecular complexity index is 114. The third-order valence-electron chi connectivity index (χ3n) is 2.70. The highest BCUT2D eigenvalue weighted by Crippen LogP contribution is 2.03. The average Bonchev–Trinajstić information content (AvgIpc) is 2.17. The van der Waals surface area contributed by atoms with Crippen LogP contribution in [0.4, 0.5) is 0 Å². The largest absolute Gasteiger partial charge is 0.327 e. The van der Waals surface area contributed by atoms with E-state index >= 15 is 0 Å². The van der Waals surface area contributed by atoms with Crippen LogP contribution in [0, 0.1) is 0 Å². The van der Waals surface area contributed by atoms with Crippen molar-refractivity contribution < 1.29 is 0 Å². The van der Waals surface area contributed by atoms with Crippen LogP contribution in [-0.2, 0) is 0 Å². The standard InChI is InChI=1S/C13H30N2/c1-4-6-8-10-15(12-13(3)14)11-9-7-5-2/h13H,4-12,14H2,1-3H3/t13-/m0/s1. The van der Waals surface area contributed by atoms with Gasteiger partial charge in [-0.25, -0.2) is 0 Å². The van der Waals surface area contributed by atoms with Crippen LogP contribution in [0.25, 0.3) is 0 Å². The molecule has 0 aromatic heterocycles. The summed E-state index contributed by atoms with van der Waals surface area (Å²) >= 11 is 0. The predicted octanol–water partition coefficient (Wildman–Crippen LogP) is 3.02. The molecule has 0 aliphatic rings. The van der Waals surface area contributed by atoms with Gasteiger partial charge in [-0.15, -0.1) is 0 Å². The molecule has 0 rings (SSSR count). The number of nitrogens with two attached hydrogens (primary N) is 1. The average molecular weight is 214 g/mol. The number of rotatable bonds is 10. The van der Waals surface area contributed by atoms with Gasteiger partial charge in [-0.1, -0.05) is 39.5 Å². The first-order valence-corrected chi connectivity index (χ1v) is 6.68. The molecule has 0 unspecified atom stereocenters. The predicted molar refractivity (Wildman–Crippen MR) is 69.1 cm³/mol. The van der Waals surface area contributed by atoms with Gasteiger partial charge < -0.3 is 10.6 Å². The summed E-state index contributed by atoms with van der Waals surface area (Å²) in [5, 5.41) is 0. The number of nitrogens with zero attached hydrogens (tertiary/aromatic N) is 1. The van der Waals surface area contributed by atoms with Crippen LogP contribution in [0.5, 0.6) is 0 Å². The zero-order valence-corrected chi connectivity index (χ0v) is 11.0. The first-order valence-electron chi connectivity index (χ1n) is 6.68. The third-order valence-corrected chi connectivity index (χ3v) is 2.70. The molecule has 0 heterocycles. The fourth-order valence-electron chi connectivity index (χ4n) is 1.87. The first-order chi connectivity index (χ1) is 7.20. The Labute approximate surface area is 96.2 Å². The van der Waals surface area contributed by atoms with Crippen molar-refractivity contribution in [3.63, 3.8) is 0 Å². The van der Waals surface area contributed by atoms with E-state index in [9.17, 15) is 0 Å². The molecule has 0 saturated carbocycles. The molecular formula is C13H30N2. The lowest BCUT2D eigenvalue weighted by Crippen LogP contribution is -2.36. The third kappa shape index (κ3) is 10.2. The normalized spacial score (nSPS) is 13.4. The molecule has 0 spiro atoms. The highest BCUT2D eigenvalue weighted by atomic mass is 15.1. The molecule has 0 aromatic rings. The van der Waals surface area contributed by atoms with Crippen molar-refractivity contribution in [1.29, 1.82) is 0 Å². The highest BCUT2D eigenvalue weighted by Gasteiger charge is 2.06. The van der Waals surface area contributed by atoms with Crippen molar-refractivity contribution in [2.45, 2.75) is 65.3 Å². The quantitative estimate of drug-likeness (QED) is 0.566. The molecule has 92 valence electrons. The molecule has 0 aliphatic carbocycles. The van der Waals surface area contributed by atoms with Crippen molar-refractivity contribution in [1.82, 2.24) is 4.90 Å². The lowest BCUT2D eigenvalue weighted by molar-refractivity contribution is 0.250. The second-order valence-corrected chi connectivity index (χ2v) is 4.69. The van der Waals surface area contributed by atoms with Crippen LogP contribution < -0.4 is 5.73 Å². The summed E-state index contributed by atoms with van der Waals surface area (Å²) in [7, 11) is 0. The van der Waals surface area contributed by atoms with E-state index in [2.05, 4.69) is 25.7 Å². The fourth-order valence-corrected chi connectivity index (χ4v) is 1.87. The van der Waals surface area contributed by atoms with Gasteiger partial charge in [-0.3, -0.25) is 0 Å². The molecule has 1 atom stereocenters. The second-order valence-electron chi connectivity index (χ2n) is 4.69. The Hall–Kier alpha value is -0.0800. The minimum absolute atomic E-state index is 0.313. The number of unbranched alkanes of at least 4 members (excludes halogenated alkanes) is 4. The van der Waals surface area contributed by atoms with Crippen molar-refractivity contribution >= 4 is 0 Å². The molecule has 0 fully saturated rings. The Morgan fingerprint density at radius 2 is 1.40 bits per heavy atom. The zero-order valence-electron chi connectivity index (χ0n) is 11.0. The Morgan fingerprint density at radius 3 is 1.73 bits per heavy atom. The minimum Gasteiger partial charge on any atom is -0.327 e. The number of hydrogen-bond acceptors (Lipinski definition) is 2. The maximum absolute atomic E-state index is 5.86. The molecule has 2 N–H and O–H groups in total. The van der Waals surface area contributed by atoms with Crippen LogP contribution in [0.1, 0.15) is 59.3 Å². The van der Waals surface area contributed by atoms with Crippen molar-refractivity contribution in [3.05, 3.63) is 0 Å². The van der Waals surface area contributed by atoms with Gasteiger partial charge in [0.15, 0.2) is 0 Å². The van der Waals surface area contributed by atoms with E-state index in [0.717, 1.165) is 6.54 Å². The maximum Gasteiger partial charge on any atom is 0.0139 e. The van der Waals surface area contributed by atoms with E-state index in [1.165, 1.54) is 51.6 Å². The second kappa shape index (κ2) is 10.4. The summed E-state index contributed by atoms with van der Waals surface area (Å²) < 4.78 is 0. The van der Waals surface area contributed by atoms with Crippen molar-refractivity contribution in [2.24, 2.45) is 5.73 Å². The van der Waals surface area contributed by atoms with E-state index in [0.29, 0.717) is 6.04 Å². The molecule has 2 heteroatoms.